The van der Waals surface area contributed by atoms with Crippen molar-refractivity contribution in [3.8, 4) is 0 Å². The molecule has 0 saturated carbocycles. The maximum Gasteiger partial charge on any atom is 0.303 e. The second-order valence-electron chi connectivity index (χ2n) is 11.1. The third-order valence-corrected chi connectivity index (χ3v) is 6.99. The van der Waals surface area contributed by atoms with Gasteiger partial charge >= 0.3 is 11.9 Å². The number of allylic oxidation sites excluding steroid dienone is 6. The van der Waals surface area contributed by atoms with Crippen LogP contribution in [0.2, 0.25) is 0 Å². The van der Waals surface area contributed by atoms with Gasteiger partial charge in [0.2, 0.25) is 0 Å². The van der Waals surface area contributed by atoms with E-state index < -0.39 is 11.9 Å². The minimum atomic E-state index is -0.671. The van der Waals surface area contributed by atoms with Gasteiger partial charge < -0.3 is 10.2 Å². The van der Waals surface area contributed by atoms with Gasteiger partial charge in [-0.3, -0.25) is 9.59 Å². The summed E-state index contributed by atoms with van der Waals surface area (Å²) in [5.74, 6) is -1.33. The highest BCUT2D eigenvalue weighted by atomic mass is 16.4. The summed E-state index contributed by atoms with van der Waals surface area (Å²) in [7, 11) is 0. The molecule has 4 heteroatoms. The highest BCUT2D eigenvalue weighted by Gasteiger charge is 1.97. The molecule has 0 bridgehead atoms. The van der Waals surface area contributed by atoms with E-state index in [2.05, 4.69) is 50.3 Å². The van der Waals surface area contributed by atoms with Gasteiger partial charge in [-0.15, -0.1) is 0 Å². The lowest BCUT2D eigenvalue weighted by Gasteiger charge is -1.99. The summed E-state index contributed by atoms with van der Waals surface area (Å²) in [6.45, 7) is 4.49. The van der Waals surface area contributed by atoms with E-state index in [4.69, 9.17) is 10.2 Å². The van der Waals surface area contributed by atoms with Crippen molar-refractivity contribution >= 4 is 11.9 Å². The van der Waals surface area contributed by atoms with Crippen LogP contribution in [0, 0.1) is 0 Å². The van der Waals surface area contributed by atoms with Gasteiger partial charge in [0.1, 0.15) is 0 Å². The van der Waals surface area contributed by atoms with Crippen molar-refractivity contribution in [3.05, 3.63) is 36.5 Å². The van der Waals surface area contributed by atoms with E-state index in [9.17, 15) is 9.59 Å². The van der Waals surface area contributed by atoms with E-state index in [-0.39, 0.29) is 0 Å². The largest absolute Gasteiger partial charge is 0.481 e. The summed E-state index contributed by atoms with van der Waals surface area (Å²) >= 11 is 0. The van der Waals surface area contributed by atoms with Crippen LogP contribution in [0.3, 0.4) is 0 Å². The number of carbonyl (C=O) groups is 2. The predicted octanol–water partition coefficient (Wildman–Crippen LogP) is 12.0. The molecule has 0 heterocycles. The van der Waals surface area contributed by atoms with Crippen molar-refractivity contribution in [2.45, 2.75) is 181 Å². The molecule has 0 aliphatic carbocycles. The number of hydrogen-bond donors (Lipinski definition) is 2. The van der Waals surface area contributed by atoms with Crippen molar-refractivity contribution in [1.82, 2.24) is 0 Å². The molecular weight excluding hydrogens is 496 g/mol. The van der Waals surface area contributed by atoms with E-state index in [1.54, 1.807) is 0 Å². The number of carboxylic acids is 2. The van der Waals surface area contributed by atoms with Gasteiger partial charge in [-0.05, 0) is 70.6 Å². The van der Waals surface area contributed by atoms with Crippen molar-refractivity contribution in [2.75, 3.05) is 0 Å². The lowest BCUT2D eigenvalue weighted by Crippen LogP contribution is -1.93. The minimum Gasteiger partial charge on any atom is -0.481 e. The van der Waals surface area contributed by atoms with E-state index in [1.165, 1.54) is 116 Å². The maximum atomic E-state index is 10.3. The number of aliphatic carboxylic acids is 2. The van der Waals surface area contributed by atoms with Gasteiger partial charge in [0.05, 0.1) is 0 Å². The number of unbranched alkanes of at least 4 members (excludes halogenated alkanes) is 19. The first-order valence-electron chi connectivity index (χ1n) is 16.9. The number of hydrogen-bond acceptors (Lipinski definition) is 2. The Morgan fingerprint density at radius 2 is 0.675 bits per heavy atom. The molecule has 0 amide bonds. The first kappa shape index (κ1) is 40.3. The van der Waals surface area contributed by atoms with Crippen LogP contribution in [0.1, 0.15) is 181 Å². The van der Waals surface area contributed by atoms with Gasteiger partial charge in [-0.1, -0.05) is 134 Å². The van der Waals surface area contributed by atoms with E-state index in [0.29, 0.717) is 12.8 Å². The second kappa shape index (κ2) is 37.2. The minimum absolute atomic E-state index is 0.324. The fourth-order valence-electron chi connectivity index (χ4n) is 4.43. The molecule has 0 atom stereocenters. The number of rotatable bonds is 29. The van der Waals surface area contributed by atoms with E-state index in [1.807, 2.05) is 0 Å². The van der Waals surface area contributed by atoms with Gasteiger partial charge in [-0.2, -0.15) is 0 Å². The zero-order chi connectivity index (χ0) is 29.8. The maximum absolute atomic E-state index is 10.3. The van der Waals surface area contributed by atoms with Gasteiger partial charge in [0.25, 0.3) is 0 Å². The van der Waals surface area contributed by atoms with Gasteiger partial charge in [0.15, 0.2) is 0 Å². The number of carboxylic acid groups (broad SMARTS) is 2. The highest BCUT2D eigenvalue weighted by Crippen LogP contribution is 2.10. The van der Waals surface area contributed by atoms with Crippen molar-refractivity contribution < 1.29 is 19.8 Å². The van der Waals surface area contributed by atoms with Crippen molar-refractivity contribution in [1.29, 1.82) is 0 Å². The third-order valence-electron chi connectivity index (χ3n) is 6.99. The Bertz CT molecular complexity index is 606. The highest BCUT2D eigenvalue weighted by molar-refractivity contribution is 5.66. The van der Waals surface area contributed by atoms with Crippen LogP contribution in [0.5, 0.6) is 0 Å². The SMILES string of the molecule is CCCCCC=CCC=CCCCCCCCC(=O)O.CCCCCCCCC=CCCCCCCCC(=O)O. The average molecular weight is 563 g/mol. The molecule has 0 rings (SSSR count). The van der Waals surface area contributed by atoms with Crippen LogP contribution in [0.4, 0.5) is 0 Å². The topological polar surface area (TPSA) is 74.6 Å². The third kappa shape index (κ3) is 43.2. The van der Waals surface area contributed by atoms with Crippen LogP contribution in [0.15, 0.2) is 36.5 Å². The van der Waals surface area contributed by atoms with Gasteiger partial charge in [0, 0.05) is 12.8 Å². The first-order valence-corrected chi connectivity index (χ1v) is 16.9. The Balaban J connectivity index is 0. The fraction of sp³-hybridized carbons (Fsp3) is 0.778. The monoisotopic (exact) mass is 562 g/mol. The summed E-state index contributed by atoms with van der Waals surface area (Å²) in [6, 6.07) is 0. The molecule has 4 nitrogen and oxygen atoms in total. The summed E-state index contributed by atoms with van der Waals surface area (Å²) in [6.07, 6.45) is 43.5. The Morgan fingerprint density at radius 1 is 0.400 bits per heavy atom. The normalized spacial score (nSPS) is 11.4. The Morgan fingerprint density at radius 3 is 1.05 bits per heavy atom. The zero-order valence-electron chi connectivity index (χ0n) is 26.6. The molecule has 234 valence electrons. The first-order chi connectivity index (χ1) is 19.5. The molecule has 0 aromatic rings. The summed E-state index contributed by atoms with van der Waals surface area (Å²) in [4.78, 5) is 20.6. The Kier molecular flexibility index (Phi) is 37.4. The molecule has 0 aromatic heterocycles. The van der Waals surface area contributed by atoms with Gasteiger partial charge in [-0.25, -0.2) is 0 Å². The lowest BCUT2D eigenvalue weighted by molar-refractivity contribution is -0.138. The molecular formula is C36H66O4. The van der Waals surface area contributed by atoms with Crippen LogP contribution >= 0.6 is 0 Å². The Labute approximate surface area is 248 Å². The zero-order valence-corrected chi connectivity index (χ0v) is 26.6. The summed E-state index contributed by atoms with van der Waals surface area (Å²) in [5, 5.41) is 17.0. The van der Waals surface area contributed by atoms with E-state index >= 15 is 0 Å². The average Bonchev–Trinajstić information content (AvgIpc) is 2.93. The van der Waals surface area contributed by atoms with Crippen LogP contribution in [0.25, 0.3) is 0 Å². The summed E-state index contributed by atoms with van der Waals surface area (Å²) in [5.41, 5.74) is 0. The standard InChI is InChI=1S/C18H34O2.C18H32O2/c2*1-2-3-4-5-6-7-8-9-10-11-12-13-14-15-16-17-18(19)20/h9-10H,2-8,11-17H2,1H3,(H,19,20);6-7,9-10H,2-5,8,11-17H2,1H3,(H,19,20). The molecule has 0 saturated heterocycles. The van der Waals surface area contributed by atoms with Crippen LogP contribution in [-0.2, 0) is 9.59 Å². The molecule has 0 aliphatic rings. The van der Waals surface area contributed by atoms with Crippen molar-refractivity contribution in [3.63, 3.8) is 0 Å². The summed E-state index contributed by atoms with van der Waals surface area (Å²) < 4.78 is 0. The molecule has 0 radical (unpaired) electrons. The smallest absolute Gasteiger partial charge is 0.303 e. The lowest BCUT2D eigenvalue weighted by atomic mass is 10.1. The van der Waals surface area contributed by atoms with Crippen molar-refractivity contribution in [2.24, 2.45) is 0 Å². The molecule has 0 spiro atoms. The predicted molar refractivity (Wildman–Crippen MR) is 174 cm³/mol. The fourth-order valence-corrected chi connectivity index (χ4v) is 4.43. The molecule has 2 N–H and O–H groups in total. The van der Waals surface area contributed by atoms with Crippen LogP contribution in [-0.4, -0.2) is 22.2 Å². The molecule has 0 aromatic carbocycles. The molecule has 0 aliphatic heterocycles. The second-order valence-corrected chi connectivity index (χ2v) is 11.1. The molecule has 0 fully saturated rings. The molecule has 40 heavy (non-hydrogen) atoms. The quantitative estimate of drug-likeness (QED) is 0.0702. The van der Waals surface area contributed by atoms with E-state index in [0.717, 1.165) is 38.5 Å². The Hall–Kier alpha value is -1.84. The molecule has 0 unspecified atom stereocenters. The van der Waals surface area contributed by atoms with Crippen LogP contribution < -0.4 is 0 Å².